The second-order valence-electron chi connectivity index (χ2n) is 9.19. The van der Waals surface area contributed by atoms with E-state index in [4.69, 9.17) is 28.9 Å². The highest BCUT2D eigenvalue weighted by Gasteiger charge is 2.20. The number of phenolic OH excluding ortho intramolecular Hbond substituents is 1. The number of carbonyl (C=O) groups excluding carboxylic acids is 1. The number of benzene rings is 2. The first kappa shape index (κ1) is 25.3. The van der Waals surface area contributed by atoms with Gasteiger partial charge in [0.05, 0.1) is 38.7 Å². The summed E-state index contributed by atoms with van der Waals surface area (Å²) in [7, 11) is 0. The van der Waals surface area contributed by atoms with Gasteiger partial charge in [0.25, 0.3) is 0 Å². The van der Waals surface area contributed by atoms with E-state index in [0.717, 1.165) is 48.4 Å². The fraction of sp³-hybridized carbons (Fsp3) is 0.250. The van der Waals surface area contributed by atoms with Crippen LogP contribution in [0, 0.1) is 0 Å². The minimum atomic E-state index is -0.166. The van der Waals surface area contributed by atoms with Crippen LogP contribution in [0.2, 0.25) is 10.0 Å². The number of Topliss-reactive ketones (excluding diaryl/α,β-unsaturated/α-hetero) is 1. The van der Waals surface area contributed by atoms with E-state index < -0.39 is 0 Å². The molecule has 3 heterocycles. The van der Waals surface area contributed by atoms with Gasteiger partial charge in [-0.2, -0.15) is 0 Å². The van der Waals surface area contributed by atoms with Crippen LogP contribution in [0.15, 0.2) is 54.9 Å². The Hall–Kier alpha value is -3.39. The van der Waals surface area contributed by atoms with E-state index in [1.54, 1.807) is 24.5 Å². The molecule has 1 aliphatic heterocycles. The van der Waals surface area contributed by atoms with Crippen molar-refractivity contribution >= 4 is 57.1 Å². The number of aromatic nitrogens is 2. The molecule has 1 unspecified atom stereocenters. The maximum Gasteiger partial charge on any atom is 0.166 e. The fourth-order valence-electron chi connectivity index (χ4n) is 4.72. The van der Waals surface area contributed by atoms with Crippen LogP contribution < -0.4 is 16.0 Å². The molecule has 1 fully saturated rings. The highest BCUT2D eigenvalue weighted by atomic mass is 35.5. The number of para-hydroxylation sites is 1. The quantitative estimate of drug-likeness (QED) is 0.239. The highest BCUT2D eigenvalue weighted by molar-refractivity contribution is 6.37. The summed E-state index contributed by atoms with van der Waals surface area (Å²) in [5.41, 5.74) is 10.2. The summed E-state index contributed by atoms with van der Waals surface area (Å²) in [6.45, 7) is 3.55. The van der Waals surface area contributed by atoms with Crippen LogP contribution in [0.5, 0.6) is 5.75 Å². The van der Waals surface area contributed by atoms with Gasteiger partial charge in [-0.25, -0.2) is 4.98 Å². The SMILES string of the molecule is CCC(=O)c1cnc2c(-c3cc(Cl)c(O)c(Cl)c3)cccc2c1Nc1ccc(N2CCCC(N)C2)nc1. The largest absolute Gasteiger partial charge is 0.505 e. The normalized spacial score (nSPS) is 15.7. The van der Waals surface area contributed by atoms with Crippen molar-refractivity contribution in [2.75, 3.05) is 23.3 Å². The molecule has 2 aromatic heterocycles. The first-order chi connectivity index (χ1) is 17.9. The summed E-state index contributed by atoms with van der Waals surface area (Å²) < 4.78 is 0. The molecule has 0 saturated carbocycles. The lowest BCUT2D eigenvalue weighted by Gasteiger charge is -2.31. The average molecular weight is 536 g/mol. The van der Waals surface area contributed by atoms with Crippen molar-refractivity contribution in [3.05, 3.63) is 70.5 Å². The Morgan fingerprint density at radius 1 is 1.16 bits per heavy atom. The van der Waals surface area contributed by atoms with Crippen molar-refractivity contribution in [3.63, 3.8) is 0 Å². The van der Waals surface area contributed by atoms with Gasteiger partial charge >= 0.3 is 0 Å². The molecular formula is C28H27Cl2N5O2. The van der Waals surface area contributed by atoms with Crippen LogP contribution in [-0.4, -0.2) is 40.0 Å². The van der Waals surface area contributed by atoms with Crippen molar-refractivity contribution in [2.45, 2.75) is 32.2 Å². The minimum Gasteiger partial charge on any atom is -0.505 e. The number of piperidine rings is 1. The number of pyridine rings is 2. The Labute approximate surface area is 225 Å². The first-order valence-electron chi connectivity index (χ1n) is 12.2. The number of hydrogen-bond acceptors (Lipinski definition) is 7. The summed E-state index contributed by atoms with van der Waals surface area (Å²) in [6, 6.07) is 13.1. The Kier molecular flexibility index (Phi) is 7.20. The number of halogens is 2. The summed E-state index contributed by atoms with van der Waals surface area (Å²) in [5, 5.41) is 14.5. The molecule has 1 atom stereocenters. The fourth-order valence-corrected chi connectivity index (χ4v) is 5.21. The van der Waals surface area contributed by atoms with Crippen molar-refractivity contribution in [1.29, 1.82) is 0 Å². The summed E-state index contributed by atoms with van der Waals surface area (Å²) in [4.78, 5) is 24.4. The minimum absolute atomic E-state index is 0.0232. The number of aromatic hydroxyl groups is 1. The van der Waals surface area contributed by atoms with Crippen molar-refractivity contribution in [1.82, 2.24) is 9.97 Å². The molecule has 4 N–H and O–H groups in total. The van der Waals surface area contributed by atoms with Crippen molar-refractivity contribution < 1.29 is 9.90 Å². The number of nitrogens with two attached hydrogens (primary N) is 1. The Morgan fingerprint density at radius 3 is 2.62 bits per heavy atom. The zero-order chi connectivity index (χ0) is 26.1. The number of nitrogens with one attached hydrogen (secondary N) is 1. The van der Waals surface area contributed by atoms with E-state index in [-0.39, 0.29) is 27.6 Å². The molecule has 0 amide bonds. The number of carbonyl (C=O) groups is 1. The molecule has 7 nitrogen and oxygen atoms in total. The lowest BCUT2D eigenvalue weighted by atomic mass is 9.98. The molecule has 5 rings (SSSR count). The summed E-state index contributed by atoms with van der Waals surface area (Å²) in [5.74, 6) is 0.694. The smallest absolute Gasteiger partial charge is 0.166 e. The number of rotatable bonds is 6. The van der Waals surface area contributed by atoms with Crippen molar-refractivity contribution in [3.8, 4) is 16.9 Å². The Morgan fingerprint density at radius 2 is 1.95 bits per heavy atom. The second-order valence-corrected chi connectivity index (χ2v) is 10.0. The van der Waals surface area contributed by atoms with Gasteiger partial charge in [-0.1, -0.05) is 48.3 Å². The van der Waals surface area contributed by atoms with E-state index in [1.165, 1.54) is 0 Å². The maximum absolute atomic E-state index is 12.9. The molecule has 0 radical (unpaired) electrons. The second kappa shape index (κ2) is 10.5. The van der Waals surface area contributed by atoms with Crippen LogP contribution >= 0.6 is 23.2 Å². The van der Waals surface area contributed by atoms with Crippen LogP contribution in [0.3, 0.4) is 0 Å². The van der Waals surface area contributed by atoms with Gasteiger partial charge in [-0.15, -0.1) is 0 Å². The molecule has 1 aliphatic rings. The molecule has 37 heavy (non-hydrogen) atoms. The first-order valence-corrected chi connectivity index (χ1v) is 13.0. The third kappa shape index (κ3) is 5.07. The monoisotopic (exact) mass is 535 g/mol. The predicted octanol–water partition coefficient (Wildman–Crippen LogP) is 6.57. The molecule has 9 heteroatoms. The van der Waals surface area contributed by atoms with E-state index in [9.17, 15) is 9.90 Å². The zero-order valence-electron chi connectivity index (χ0n) is 20.3. The summed E-state index contributed by atoms with van der Waals surface area (Å²) in [6.07, 6.45) is 5.79. The molecular weight excluding hydrogens is 509 g/mol. The maximum atomic E-state index is 12.9. The standard InChI is InChI=1S/C28H27Cl2N5O2/c1-2-24(36)21-14-33-26-19(16-11-22(29)28(37)23(30)12-16)6-3-7-20(26)27(21)34-18-8-9-25(32-13-18)35-10-4-5-17(31)15-35/h3,6-9,11-14,17,37H,2,4-5,10,15,31H2,1H3,(H,33,34). The van der Waals surface area contributed by atoms with Gasteiger partial charge in [0.15, 0.2) is 11.5 Å². The van der Waals surface area contributed by atoms with E-state index in [0.29, 0.717) is 28.8 Å². The van der Waals surface area contributed by atoms with Crippen molar-refractivity contribution in [2.24, 2.45) is 5.73 Å². The number of fused-ring (bicyclic) bond motifs is 1. The van der Waals surface area contributed by atoms with Crippen LogP contribution in [0.1, 0.15) is 36.5 Å². The van der Waals surface area contributed by atoms with Crippen LogP contribution in [0.4, 0.5) is 17.2 Å². The van der Waals surface area contributed by atoms with Gasteiger partial charge in [0, 0.05) is 42.7 Å². The Bertz CT molecular complexity index is 1450. The topological polar surface area (TPSA) is 104 Å². The predicted molar refractivity (Wildman–Crippen MR) is 150 cm³/mol. The molecule has 0 bridgehead atoms. The number of phenols is 1. The van der Waals surface area contributed by atoms with E-state index in [2.05, 4.69) is 20.2 Å². The third-order valence-corrected chi connectivity index (χ3v) is 7.22. The number of nitrogens with zero attached hydrogens (tertiary/aromatic N) is 3. The number of ketones is 1. The lowest BCUT2D eigenvalue weighted by Crippen LogP contribution is -2.43. The highest BCUT2D eigenvalue weighted by Crippen LogP contribution is 2.40. The van der Waals surface area contributed by atoms with E-state index in [1.807, 2.05) is 37.3 Å². The number of anilines is 3. The number of hydrogen-bond donors (Lipinski definition) is 3. The van der Waals surface area contributed by atoms with Gasteiger partial charge in [0.2, 0.25) is 0 Å². The molecule has 2 aromatic carbocycles. The molecule has 1 saturated heterocycles. The molecule has 4 aromatic rings. The van der Waals surface area contributed by atoms with E-state index >= 15 is 0 Å². The van der Waals surface area contributed by atoms with Gasteiger partial charge in [-0.3, -0.25) is 9.78 Å². The van der Waals surface area contributed by atoms with Gasteiger partial charge < -0.3 is 21.1 Å². The summed E-state index contributed by atoms with van der Waals surface area (Å²) >= 11 is 12.4. The molecule has 0 aliphatic carbocycles. The zero-order valence-corrected chi connectivity index (χ0v) is 21.9. The van der Waals surface area contributed by atoms with Crippen LogP contribution in [0.25, 0.3) is 22.0 Å². The lowest BCUT2D eigenvalue weighted by molar-refractivity contribution is 0.0988. The molecule has 190 valence electrons. The average Bonchev–Trinajstić information content (AvgIpc) is 2.91. The van der Waals surface area contributed by atoms with Crippen LogP contribution in [-0.2, 0) is 0 Å². The third-order valence-electron chi connectivity index (χ3n) is 6.65. The van der Waals surface area contributed by atoms with Gasteiger partial charge in [-0.05, 0) is 42.7 Å². The Balaban J connectivity index is 1.57. The molecule has 0 spiro atoms. The van der Waals surface area contributed by atoms with Gasteiger partial charge in [0.1, 0.15) is 5.82 Å².